The van der Waals surface area contributed by atoms with Crippen LogP contribution in [-0.4, -0.2) is 51.3 Å². The number of hydrogen-bond acceptors (Lipinski definition) is 4. The van der Waals surface area contributed by atoms with Crippen LogP contribution in [0.3, 0.4) is 0 Å². The lowest BCUT2D eigenvalue weighted by atomic mass is 10.1. The van der Waals surface area contributed by atoms with Crippen molar-refractivity contribution in [1.29, 1.82) is 0 Å². The largest absolute Gasteiger partial charge is 0.383 e. The Labute approximate surface area is 113 Å². The molecule has 1 atom stereocenters. The predicted octanol–water partition coefficient (Wildman–Crippen LogP) is -0.176. The first kappa shape index (κ1) is 14.3. The van der Waals surface area contributed by atoms with E-state index in [1.165, 1.54) is 0 Å². The molecule has 1 unspecified atom stereocenters. The highest BCUT2D eigenvalue weighted by molar-refractivity contribution is 6.07. The fourth-order valence-electron chi connectivity index (χ4n) is 2.30. The summed E-state index contributed by atoms with van der Waals surface area (Å²) in [6.45, 7) is 2.17. The quantitative estimate of drug-likeness (QED) is 0.497. The standard InChI is InChI=1S/C13H22N2O4/c1-18-8-6-14-11(16)13(4-5-13)12(17)15-9-10-3-2-7-19-10/h10H,2-9H2,1H3,(H,14,16)(H,15,17). The minimum absolute atomic E-state index is 0.108. The molecule has 19 heavy (non-hydrogen) atoms. The summed E-state index contributed by atoms with van der Waals surface area (Å²) >= 11 is 0. The van der Waals surface area contributed by atoms with Gasteiger partial charge >= 0.3 is 0 Å². The molecule has 0 aromatic carbocycles. The molecule has 1 aliphatic carbocycles. The summed E-state index contributed by atoms with van der Waals surface area (Å²) in [4.78, 5) is 24.1. The van der Waals surface area contributed by atoms with E-state index in [9.17, 15) is 9.59 Å². The molecule has 2 amide bonds. The smallest absolute Gasteiger partial charge is 0.235 e. The maximum absolute atomic E-state index is 12.1. The van der Waals surface area contributed by atoms with Gasteiger partial charge in [0.05, 0.1) is 12.7 Å². The topological polar surface area (TPSA) is 76.7 Å². The van der Waals surface area contributed by atoms with E-state index in [1.54, 1.807) is 7.11 Å². The summed E-state index contributed by atoms with van der Waals surface area (Å²) in [7, 11) is 1.58. The summed E-state index contributed by atoms with van der Waals surface area (Å²) in [6.07, 6.45) is 3.39. The number of amides is 2. The Morgan fingerprint density at radius 3 is 2.63 bits per heavy atom. The first-order valence-electron chi connectivity index (χ1n) is 6.86. The molecule has 2 aliphatic rings. The van der Waals surface area contributed by atoms with Crippen molar-refractivity contribution in [3.8, 4) is 0 Å². The normalized spacial score (nSPS) is 23.9. The van der Waals surface area contributed by atoms with Crippen LogP contribution >= 0.6 is 0 Å². The number of methoxy groups -OCH3 is 1. The van der Waals surface area contributed by atoms with Crippen LogP contribution in [0, 0.1) is 5.41 Å². The van der Waals surface area contributed by atoms with Crippen LogP contribution < -0.4 is 10.6 Å². The molecule has 0 radical (unpaired) electrons. The third-order valence-electron chi connectivity index (χ3n) is 3.73. The third-order valence-corrected chi connectivity index (χ3v) is 3.73. The summed E-state index contributed by atoms with van der Waals surface area (Å²) in [5, 5.41) is 5.58. The molecule has 1 saturated carbocycles. The van der Waals surface area contributed by atoms with Crippen molar-refractivity contribution >= 4 is 11.8 Å². The van der Waals surface area contributed by atoms with Gasteiger partial charge < -0.3 is 20.1 Å². The second kappa shape index (κ2) is 6.34. The van der Waals surface area contributed by atoms with Crippen LogP contribution in [0.5, 0.6) is 0 Å². The molecular formula is C13H22N2O4. The lowest BCUT2D eigenvalue weighted by Crippen LogP contribution is -2.45. The zero-order valence-electron chi connectivity index (χ0n) is 11.4. The first-order valence-corrected chi connectivity index (χ1v) is 6.86. The minimum atomic E-state index is -0.841. The lowest BCUT2D eigenvalue weighted by molar-refractivity contribution is -0.137. The van der Waals surface area contributed by atoms with Gasteiger partial charge in [-0.15, -0.1) is 0 Å². The molecule has 2 N–H and O–H groups in total. The number of carbonyl (C=O) groups is 2. The monoisotopic (exact) mass is 270 g/mol. The molecule has 1 heterocycles. The first-order chi connectivity index (χ1) is 9.19. The average molecular weight is 270 g/mol. The van der Waals surface area contributed by atoms with Crippen LogP contribution in [-0.2, 0) is 19.1 Å². The zero-order chi connectivity index (χ0) is 13.7. The summed E-state index contributed by atoms with van der Waals surface area (Å²) in [5.41, 5.74) is -0.841. The third kappa shape index (κ3) is 3.45. The van der Waals surface area contributed by atoms with Crippen molar-refractivity contribution in [3.63, 3.8) is 0 Å². The molecule has 6 heteroatoms. The number of nitrogens with one attached hydrogen (secondary N) is 2. The van der Waals surface area contributed by atoms with Gasteiger partial charge in [0, 0.05) is 26.8 Å². The Hall–Kier alpha value is -1.14. The van der Waals surface area contributed by atoms with E-state index in [1.807, 2.05) is 0 Å². The Bertz CT molecular complexity index is 336. The van der Waals surface area contributed by atoms with Gasteiger partial charge in [0.2, 0.25) is 11.8 Å². The SMILES string of the molecule is COCCNC(=O)C1(C(=O)NCC2CCCO2)CC1. The second-order valence-electron chi connectivity index (χ2n) is 5.18. The van der Waals surface area contributed by atoms with E-state index in [2.05, 4.69) is 10.6 Å². The molecule has 0 spiro atoms. The van der Waals surface area contributed by atoms with Gasteiger partial charge in [-0.1, -0.05) is 0 Å². The van der Waals surface area contributed by atoms with Crippen LogP contribution in [0.25, 0.3) is 0 Å². The van der Waals surface area contributed by atoms with E-state index < -0.39 is 5.41 Å². The van der Waals surface area contributed by atoms with E-state index in [4.69, 9.17) is 9.47 Å². The maximum Gasteiger partial charge on any atom is 0.235 e. The second-order valence-corrected chi connectivity index (χ2v) is 5.18. The average Bonchev–Trinajstić information content (AvgIpc) is 3.06. The molecule has 0 aromatic heterocycles. The van der Waals surface area contributed by atoms with E-state index in [0.29, 0.717) is 32.5 Å². The maximum atomic E-state index is 12.1. The Balaban J connectivity index is 1.75. The lowest BCUT2D eigenvalue weighted by Gasteiger charge is -2.17. The molecule has 2 fully saturated rings. The summed E-state index contributed by atoms with van der Waals surface area (Å²) < 4.78 is 10.3. The van der Waals surface area contributed by atoms with Gasteiger partial charge in [-0.05, 0) is 25.7 Å². The highest BCUT2D eigenvalue weighted by atomic mass is 16.5. The van der Waals surface area contributed by atoms with Gasteiger partial charge in [0.15, 0.2) is 0 Å². The fourth-order valence-corrected chi connectivity index (χ4v) is 2.30. The van der Waals surface area contributed by atoms with Gasteiger partial charge in [0.25, 0.3) is 0 Å². The molecule has 6 nitrogen and oxygen atoms in total. The van der Waals surface area contributed by atoms with Crippen molar-refractivity contribution in [2.75, 3.05) is 33.4 Å². The van der Waals surface area contributed by atoms with E-state index in [-0.39, 0.29) is 17.9 Å². The molecule has 1 aliphatic heterocycles. The Morgan fingerprint density at radius 1 is 1.32 bits per heavy atom. The fraction of sp³-hybridized carbons (Fsp3) is 0.846. The van der Waals surface area contributed by atoms with Crippen molar-refractivity contribution in [2.45, 2.75) is 31.8 Å². The number of ether oxygens (including phenoxy) is 2. The predicted molar refractivity (Wildman–Crippen MR) is 68.5 cm³/mol. The van der Waals surface area contributed by atoms with E-state index in [0.717, 1.165) is 19.4 Å². The van der Waals surface area contributed by atoms with Crippen LogP contribution in [0.2, 0.25) is 0 Å². The Kier molecular flexibility index (Phi) is 4.76. The van der Waals surface area contributed by atoms with Gasteiger partial charge in [-0.3, -0.25) is 9.59 Å². The minimum Gasteiger partial charge on any atom is -0.383 e. The molecule has 2 rings (SSSR count). The summed E-state index contributed by atoms with van der Waals surface area (Å²) in [6, 6.07) is 0. The van der Waals surface area contributed by atoms with Crippen molar-refractivity contribution in [1.82, 2.24) is 10.6 Å². The van der Waals surface area contributed by atoms with Crippen LogP contribution in [0.4, 0.5) is 0 Å². The highest BCUT2D eigenvalue weighted by Gasteiger charge is 2.56. The Morgan fingerprint density at radius 2 is 2.05 bits per heavy atom. The zero-order valence-corrected chi connectivity index (χ0v) is 11.4. The van der Waals surface area contributed by atoms with Crippen molar-refractivity contribution < 1.29 is 19.1 Å². The molecule has 0 bridgehead atoms. The molecular weight excluding hydrogens is 248 g/mol. The van der Waals surface area contributed by atoms with Crippen molar-refractivity contribution in [2.24, 2.45) is 5.41 Å². The van der Waals surface area contributed by atoms with Crippen LogP contribution in [0.15, 0.2) is 0 Å². The van der Waals surface area contributed by atoms with Crippen molar-refractivity contribution in [3.05, 3.63) is 0 Å². The van der Waals surface area contributed by atoms with E-state index >= 15 is 0 Å². The highest BCUT2D eigenvalue weighted by Crippen LogP contribution is 2.46. The number of rotatable bonds is 7. The van der Waals surface area contributed by atoms with Gasteiger partial charge in [0.1, 0.15) is 5.41 Å². The van der Waals surface area contributed by atoms with Gasteiger partial charge in [-0.2, -0.15) is 0 Å². The molecule has 108 valence electrons. The number of carbonyl (C=O) groups excluding carboxylic acids is 2. The molecule has 0 aromatic rings. The van der Waals surface area contributed by atoms with Crippen LogP contribution in [0.1, 0.15) is 25.7 Å². The van der Waals surface area contributed by atoms with Gasteiger partial charge in [-0.25, -0.2) is 0 Å². The number of hydrogen-bond donors (Lipinski definition) is 2. The summed E-state index contributed by atoms with van der Waals surface area (Å²) in [5.74, 6) is -0.354. The molecule has 1 saturated heterocycles.